The van der Waals surface area contributed by atoms with Crippen LogP contribution < -0.4 is 16.4 Å². The molecule has 0 aromatic carbocycles. The zero-order chi connectivity index (χ0) is 12.3. The number of nitrogens with one attached hydrogen (secondary N) is 2. The summed E-state index contributed by atoms with van der Waals surface area (Å²) in [6, 6.07) is -0.163. The van der Waals surface area contributed by atoms with Crippen molar-refractivity contribution in [3.8, 4) is 0 Å². The molecule has 0 spiro atoms. The topological polar surface area (TPSA) is 67.1 Å². The Balaban J connectivity index is 4.39. The van der Waals surface area contributed by atoms with E-state index >= 15 is 0 Å². The lowest BCUT2D eigenvalue weighted by Crippen LogP contribution is -2.59. The van der Waals surface area contributed by atoms with Crippen LogP contribution in [0.15, 0.2) is 0 Å². The minimum Gasteiger partial charge on any atom is -0.334 e. The highest BCUT2D eigenvalue weighted by Crippen LogP contribution is 2.14. The highest BCUT2D eigenvalue weighted by atomic mass is 16.2. The van der Waals surface area contributed by atoms with Gasteiger partial charge in [-0.1, -0.05) is 13.8 Å². The SMILES string of the molecule is CC(C)C(C)(CN)NC(=O)NC(C)(C)C. The lowest BCUT2D eigenvalue weighted by Gasteiger charge is -2.35. The third-order valence-corrected chi connectivity index (χ3v) is 2.59. The molecule has 0 aromatic rings. The van der Waals surface area contributed by atoms with Crippen molar-refractivity contribution < 1.29 is 4.79 Å². The molecule has 0 aliphatic heterocycles. The van der Waals surface area contributed by atoms with Crippen LogP contribution in [-0.4, -0.2) is 23.7 Å². The Kier molecular flexibility index (Phi) is 4.59. The van der Waals surface area contributed by atoms with Gasteiger partial charge in [0, 0.05) is 12.1 Å². The quantitative estimate of drug-likeness (QED) is 0.667. The number of carbonyl (C=O) groups is 1. The van der Waals surface area contributed by atoms with Crippen molar-refractivity contribution in [3.63, 3.8) is 0 Å². The number of amides is 2. The molecule has 1 unspecified atom stereocenters. The first-order valence-corrected chi connectivity index (χ1v) is 5.41. The lowest BCUT2D eigenvalue weighted by atomic mass is 9.89. The molecule has 0 rings (SSSR count). The van der Waals surface area contributed by atoms with Crippen molar-refractivity contribution >= 4 is 6.03 Å². The van der Waals surface area contributed by atoms with Crippen molar-refractivity contribution in [1.29, 1.82) is 0 Å². The van der Waals surface area contributed by atoms with Gasteiger partial charge in [-0.2, -0.15) is 0 Å². The Bertz CT molecular complexity index is 220. The normalized spacial score (nSPS) is 16.0. The van der Waals surface area contributed by atoms with Gasteiger partial charge >= 0.3 is 6.03 Å². The van der Waals surface area contributed by atoms with Crippen molar-refractivity contribution in [2.24, 2.45) is 11.7 Å². The minimum absolute atomic E-state index is 0.163. The largest absolute Gasteiger partial charge is 0.334 e. The average molecular weight is 215 g/mol. The zero-order valence-corrected chi connectivity index (χ0v) is 10.8. The van der Waals surface area contributed by atoms with Crippen LogP contribution >= 0.6 is 0 Å². The van der Waals surface area contributed by atoms with Crippen LogP contribution in [0.5, 0.6) is 0 Å². The molecule has 0 bridgehead atoms. The first-order valence-electron chi connectivity index (χ1n) is 5.41. The molecular weight excluding hydrogens is 190 g/mol. The molecule has 15 heavy (non-hydrogen) atoms. The Morgan fingerprint density at radius 1 is 1.20 bits per heavy atom. The maximum Gasteiger partial charge on any atom is 0.315 e. The summed E-state index contributed by atoms with van der Waals surface area (Å²) in [6.45, 7) is 12.3. The fourth-order valence-corrected chi connectivity index (χ4v) is 1.06. The van der Waals surface area contributed by atoms with E-state index in [1.807, 2.05) is 41.5 Å². The van der Waals surface area contributed by atoms with Crippen LogP contribution in [0, 0.1) is 5.92 Å². The number of nitrogens with two attached hydrogens (primary N) is 1. The monoisotopic (exact) mass is 215 g/mol. The zero-order valence-electron chi connectivity index (χ0n) is 10.8. The van der Waals surface area contributed by atoms with Gasteiger partial charge in [0.25, 0.3) is 0 Å². The molecule has 0 saturated heterocycles. The van der Waals surface area contributed by atoms with E-state index in [1.54, 1.807) is 0 Å². The molecule has 1 atom stereocenters. The van der Waals surface area contributed by atoms with Crippen LogP contribution in [0.25, 0.3) is 0 Å². The van der Waals surface area contributed by atoms with E-state index in [2.05, 4.69) is 10.6 Å². The second kappa shape index (κ2) is 4.84. The van der Waals surface area contributed by atoms with Gasteiger partial charge < -0.3 is 16.4 Å². The van der Waals surface area contributed by atoms with Gasteiger partial charge in [-0.25, -0.2) is 4.79 Å². The van der Waals surface area contributed by atoms with E-state index in [0.29, 0.717) is 12.5 Å². The highest BCUT2D eigenvalue weighted by Gasteiger charge is 2.29. The Morgan fingerprint density at radius 2 is 1.67 bits per heavy atom. The summed E-state index contributed by atoms with van der Waals surface area (Å²) in [5.74, 6) is 0.299. The molecule has 0 saturated carbocycles. The molecule has 0 radical (unpaired) electrons. The predicted molar refractivity (Wildman–Crippen MR) is 63.7 cm³/mol. The van der Waals surface area contributed by atoms with E-state index in [0.717, 1.165) is 0 Å². The summed E-state index contributed by atoms with van der Waals surface area (Å²) in [6.07, 6.45) is 0. The van der Waals surface area contributed by atoms with Gasteiger partial charge in [0.1, 0.15) is 0 Å². The van der Waals surface area contributed by atoms with Gasteiger partial charge in [-0.15, -0.1) is 0 Å². The van der Waals surface area contributed by atoms with Gasteiger partial charge in [0.2, 0.25) is 0 Å². The Hall–Kier alpha value is -0.770. The summed E-state index contributed by atoms with van der Waals surface area (Å²) in [5, 5.41) is 5.78. The minimum atomic E-state index is -0.352. The molecule has 0 heterocycles. The molecule has 0 fully saturated rings. The van der Waals surface area contributed by atoms with E-state index in [4.69, 9.17) is 5.73 Å². The van der Waals surface area contributed by atoms with Gasteiger partial charge in [-0.05, 0) is 33.6 Å². The lowest BCUT2D eigenvalue weighted by molar-refractivity contribution is 0.206. The molecule has 90 valence electrons. The summed E-state index contributed by atoms with van der Waals surface area (Å²) in [7, 11) is 0. The van der Waals surface area contributed by atoms with Gasteiger partial charge in [0.05, 0.1) is 5.54 Å². The third kappa shape index (κ3) is 5.02. The molecule has 2 amide bonds. The van der Waals surface area contributed by atoms with Crippen molar-refractivity contribution in [3.05, 3.63) is 0 Å². The van der Waals surface area contributed by atoms with Crippen LogP contribution in [0.4, 0.5) is 4.79 Å². The van der Waals surface area contributed by atoms with Crippen LogP contribution in [0.1, 0.15) is 41.5 Å². The van der Waals surface area contributed by atoms with E-state index < -0.39 is 0 Å². The third-order valence-electron chi connectivity index (χ3n) is 2.59. The summed E-state index contributed by atoms with van der Waals surface area (Å²) in [5.41, 5.74) is 5.10. The Labute approximate surface area is 93.0 Å². The van der Waals surface area contributed by atoms with E-state index in [-0.39, 0.29) is 17.1 Å². The number of rotatable bonds is 3. The number of hydrogen-bond donors (Lipinski definition) is 3. The maximum absolute atomic E-state index is 11.7. The summed E-state index contributed by atoms with van der Waals surface area (Å²) >= 11 is 0. The molecule has 4 nitrogen and oxygen atoms in total. The van der Waals surface area contributed by atoms with E-state index in [1.165, 1.54) is 0 Å². The predicted octanol–water partition coefficient (Wildman–Crippen LogP) is 1.46. The van der Waals surface area contributed by atoms with Crippen molar-refractivity contribution in [2.75, 3.05) is 6.54 Å². The number of carbonyl (C=O) groups excluding carboxylic acids is 1. The average Bonchev–Trinajstić information content (AvgIpc) is 1.99. The highest BCUT2D eigenvalue weighted by molar-refractivity contribution is 5.75. The van der Waals surface area contributed by atoms with Gasteiger partial charge in [0.15, 0.2) is 0 Å². The first-order chi connectivity index (χ1) is 6.60. The number of hydrogen-bond acceptors (Lipinski definition) is 2. The van der Waals surface area contributed by atoms with Crippen LogP contribution in [0.3, 0.4) is 0 Å². The molecule has 0 aromatic heterocycles. The van der Waals surface area contributed by atoms with Crippen molar-refractivity contribution in [1.82, 2.24) is 10.6 Å². The second-order valence-corrected chi connectivity index (χ2v) is 5.61. The van der Waals surface area contributed by atoms with Gasteiger partial charge in [-0.3, -0.25) is 0 Å². The number of urea groups is 1. The smallest absolute Gasteiger partial charge is 0.315 e. The maximum atomic E-state index is 11.7. The second-order valence-electron chi connectivity index (χ2n) is 5.61. The van der Waals surface area contributed by atoms with Crippen LogP contribution in [0.2, 0.25) is 0 Å². The standard InChI is InChI=1S/C11H25N3O/c1-8(2)11(6,7-12)14-9(15)13-10(3,4)5/h8H,7,12H2,1-6H3,(H2,13,14,15). The molecule has 4 N–H and O–H groups in total. The molecule has 0 aliphatic carbocycles. The fourth-order valence-electron chi connectivity index (χ4n) is 1.06. The van der Waals surface area contributed by atoms with Crippen molar-refractivity contribution in [2.45, 2.75) is 52.6 Å². The fraction of sp³-hybridized carbons (Fsp3) is 0.909. The molecule has 4 heteroatoms. The first kappa shape index (κ1) is 14.2. The summed E-state index contributed by atoms with van der Waals surface area (Å²) < 4.78 is 0. The Morgan fingerprint density at radius 3 is 1.93 bits per heavy atom. The summed E-state index contributed by atoms with van der Waals surface area (Å²) in [4.78, 5) is 11.7. The molecular formula is C11H25N3O. The van der Waals surface area contributed by atoms with Crippen LogP contribution in [-0.2, 0) is 0 Å². The van der Waals surface area contributed by atoms with E-state index in [9.17, 15) is 4.79 Å². The molecule has 0 aliphatic rings.